The third kappa shape index (κ3) is 2.70. The molecule has 1 saturated heterocycles. The fourth-order valence-electron chi connectivity index (χ4n) is 1.56. The molecular formula is C10H12N4O3S. The van der Waals surface area contributed by atoms with Crippen molar-refractivity contribution in [1.29, 1.82) is 0 Å². The van der Waals surface area contributed by atoms with E-state index in [0.29, 0.717) is 12.8 Å². The van der Waals surface area contributed by atoms with Gasteiger partial charge in [-0.3, -0.25) is 0 Å². The first kappa shape index (κ1) is 12.6. The molecule has 96 valence electrons. The average molecular weight is 268 g/mol. The van der Waals surface area contributed by atoms with E-state index in [9.17, 15) is 14.4 Å². The summed E-state index contributed by atoms with van der Waals surface area (Å²) in [6.45, 7) is 0.545. The molecule has 18 heavy (non-hydrogen) atoms. The number of urea groups is 2. The molecule has 2 aliphatic heterocycles. The molecule has 0 aromatic rings. The number of allylic oxidation sites excluding steroid dienone is 1. The van der Waals surface area contributed by atoms with Gasteiger partial charge in [-0.05, 0) is 11.5 Å². The summed E-state index contributed by atoms with van der Waals surface area (Å²) in [5.41, 5.74) is 0.809. The molecule has 0 bridgehead atoms. The lowest BCUT2D eigenvalue weighted by atomic mass is 10.4. The number of carbonyl (C=O) groups excluding carboxylic acids is 3. The van der Waals surface area contributed by atoms with Crippen molar-refractivity contribution in [3.8, 4) is 0 Å². The minimum Gasteiger partial charge on any atom is -0.331 e. The van der Waals surface area contributed by atoms with Crippen molar-refractivity contribution in [1.82, 2.24) is 15.2 Å². The highest BCUT2D eigenvalue weighted by atomic mass is 32.2. The van der Waals surface area contributed by atoms with Gasteiger partial charge in [0.15, 0.2) is 0 Å². The highest BCUT2D eigenvalue weighted by molar-refractivity contribution is 8.03. The van der Waals surface area contributed by atoms with Crippen LogP contribution in [0.3, 0.4) is 0 Å². The van der Waals surface area contributed by atoms with Crippen LogP contribution in [0.5, 0.6) is 0 Å². The molecule has 0 aliphatic carbocycles. The molecule has 0 spiro atoms. The van der Waals surface area contributed by atoms with Gasteiger partial charge in [0.1, 0.15) is 6.29 Å². The molecule has 0 aromatic carbocycles. The number of hydrogen-bond donors (Lipinski definition) is 1. The quantitative estimate of drug-likeness (QED) is 0.744. The first-order valence-corrected chi connectivity index (χ1v) is 6.43. The van der Waals surface area contributed by atoms with E-state index in [0.717, 1.165) is 16.4 Å². The van der Waals surface area contributed by atoms with E-state index in [1.165, 1.54) is 5.01 Å². The number of hydrogen-bond acceptors (Lipinski definition) is 5. The second-order valence-corrected chi connectivity index (χ2v) is 4.51. The Labute approximate surface area is 108 Å². The first-order valence-electron chi connectivity index (χ1n) is 5.38. The summed E-state index contributed by atoms with van der Waals surface area (Å²) in [4.78, 5) is 34.6. The fourth-order valence-corrected chi connectivity index (χ4v) is 2.23. The Hall–Kier alpha value is -1.83. The number of hydrazone groups is 1. The van der Waals surface area contributed by atoms with Crippen LogP contribution < -0.4 is 5.32 Å². The second kappa shape index (κ2) is 5.67. The topological polar surface area (TPSA) is 82.1 Å². The van der Waals surface area contributed by atoms with Gasteiger partial charge in [0.25, 0.3) is 0 Å². The molecular weight excluding hydrogens is 256 g/mol. The maximum absolute atomic E-state index is 11.9. The Balaban J connectivity index is 1.96. The lowest BCUT2D eigenvalue weighted by Gasteiger charge is -2.14. The van der Waals surface area contributed by atoms with Crippen molar-refractivity contribution in [2.45, 2.75) is 0 Å². The third-order valence-corrected chi connectivity index (χ3v) is 3.20. The van der Waals surface area contributed by atoms with Crippen LogP contribution in [-0.2, 0) is 4.79 Å². The van der Waals surface area contributed by atoms with Crippen LogP contribution in [0.25, 0.3) is 0 Å². The van der Waals surface area contributed by atoms with Crippen LogP contribution in [0, 0.1) is 0 Å². The summed E-state index contributed by atoms with van der Waals surface area (Å²) in [6.07, 6.45) is 2.41. The molecule has 0 unspecified atom stereocenters. The van der Waals surface area contributed by atoms with Crippen LogP contribution in [0.15, 0.2) is 16.6 Å². The Morgan fingerprint density at radius 3 is 3.06 bits per heavy atom. The molecule has 0 aromatic heterocycles. The zero-order valence-electron chi connectivity index (χ0n) is 9.54. The molecule has 7 nitrogen and oxygen atoms in total. The standard InChI is InChI=1S/C10H12N4O3S/c15-5-2-11-9(16)13-3-4-14(10(13)17)12-8-1-6-18-7-8/h1,5-6H,2-4,7H2,(H,11,16). The number of carbonyl (C=O) groups is 3. The lowest BCUT2D eigenvalue weighted by molar-refractivity contribution is -0.107. The summed E-state index contributed by atoms with van der Waals surface area (Å²) in [5, 5.41) is 9.67. The molecule has 2 heterocycles. The molecule has 0 atom stereocenters. The van der Waals surface area contributed by atoms with Gasteiger partial charge >= 0.3 is 12.1 Å². The average Bonchev–Trinajstić information content (AvgIpc) is 2.98. The second-order valence-electron chi connectivity index (χ2n) is 3.62. The Kier molecular flexibility index (Phi) is 3.98. The van der Waals surface area contributed by atoms with E-state index in [4.69, 9.17) is 0 Å². The molecule has 0 radical (unpaired) electrons. The van der Waals surface area contributed by atoms with Crippen LogP contribution in [-0.4, -0.2) is 59.4 Å². The highest BCUT2D eigenvalue weighted by Crippen LogP contribution is 2.15. The first-order chi connectivity index (χ1) is 8.72. The molecule has 0 saturated carbocycles. The number of imide groups is 1. The van der Waals surface area contributed by atoms with Gasteiger partial charge in [-0.1, -0.05) is 0 Å². The molecule has 1 fully saturated rings. The van der Waals surface area contributed by atoms with Crippen molar-refractivity contribution < 1.29 is 14.4 Å². The van der Waals surface area contributed by atoms with E-state index < -0.39 is 12.1 Å². The number of aldehydes is 1. The minimum atomic E-state index is -0.564. The smallest absolute Gasteiger partial charge is 0.331 e. The normalized spacial score (nSPS) is 20.9. The molecule has 2 rings (SSSR count). The van der Waals surface area contributed by atoms with Crippen molar-refractivity contribution in [2.75, 3.05) is 25.4 Å². The van der Waals surface area contributed by atoms with Gasteiger partial charge in [0.2, 0.25) is 0 Å². The van der Waals surface area contributed by atoms with E-state index >= 15 is 0 Å². The van der Waals surface area contributed by atoms with Crippen LogP contribution in [0.1, 0.15) is 0 Å². The fraction of sp³-hybridized carbons (Fsp3) is 0.400. The van der Waals surface area contributed by atoms with E-state index in [2.05, 4.69) is 10.4 Å². The predicted octanol–water partition coefficient (Wildman–Crippen LogP) is 0.249. The Morgan fingerprint density at radius 2 is 2.39 bits per heavy atom. The van der Waals surface area contributed by atoms with Crippen molar-refractivity contribution in [3.63, 3.8) is 0 Å². The molecule has 4 amide bonds. The zero-order valence-corrected chi connectivity index (χ0v) is 10.4. The maximum Gasteiger partial charge on any atom is 0.348 e. The third-order valence-electron chi connectivity index (χ3n) is 2.41. The largest absolute Gasteiger partial charge is 0.348 e. The van der Waals surface area contributed by atoms with Crippen LogP contribution in [0.4, 0.5) is 9.59 Å². The predicted molar refractivity (Wildman–Crippen MR) is 67.3 cm³/mol. The summed E-state index contributed by atoms with van der Waals surface area (Å²) in [6, 6.07) is -1.03. The molecule has 2 aliphatic rings. The van der Waals surface area contributed by atoms with E-state index in [1.807, 2.05) is 11.5 Å². The number of rotatable bonds is 3. The zero-order chi connectivity index (χ0) is 13.0. The van der Waals surface area contributed by atoms with Crippen molar-refractivity contribution in [3.05, 3.63) is 11.5 Å². The number of nitrogens with zero attached hydrogens (tertiary/aromatic N) is 3. The summed E-state index contributed by atoms with van der Waals surface area (Å²) < 4.78 is 0. The summed E-state index contributed by atoms with van der Waals surface area (Å²) in [5.74, 6) is 0.737. The molecule has 1 N–H and O–H groups in total. The van der Waals surface area contributed by atoms with Gasteiger partial charge in [0.05, 0.1) is 25.3 Å². The van der Waals surface area contributed by atoms with Crippen LogP contribution in [0.2, 0.25) is 0 Å². The highest BCUT2D eigenvalue weighted by Gasteiger charge is 2.33. The number of thioether (sulfide) groups is 1. The Morgan fingerprint density at radius 1 is 1.56 bits per heavy atom. The van der Waals surface area contributed by atoms with E-state index in [1.54, 1.807) is 11.8 Å². The van der Waals surface area contributed by atoms with E-state index in [-0.39, 0.29) is 13.1 Å². The minimum absolute atomic E-state index is 0.101. The van der Waals surface area contributed by atoms with Gasteiger partial charge in [-0.15, -0.1) is 11.8 Å². The number of nitrogens with one attached hydrogen (secondary N) is 1. The Bertz CT molecular complexity index is 435. The lowest BCUT2D eigenvalue weighted by Crippen LogP contribution is -2.42. The SMILES string of the molecule is O=CCNC(=O)N1CCN(N=C2C=CSC2)C1=O. The van der Waals surface area contributed by atoms with Crippen molar-refractivity contribution >= 4 is 35.8 Å². The summed E-state index contributed by atoms with van der Waals surface area (Å²) >= 11 is 1.60. The maximum atomic E-state index is 11.9. The van der Waals surface area contributed by atoms with Gasteiger partial charge < -0.3 is 10.1 Å². The van der Waals surface area contributed by atoms with Gasteiger partial charge in [-0.25, -0.2) is 19.5 Å². The van der Waals surface area contributed by atoms with Crippen LogP contribution >= 0.6 is 11.8 Å². The van der Waals surface area contributed by atoms with Gasteiger partial charge in [0, 0.05) is 5.75 Å². The van der Waals surface area contributed by atoms with Gasteiger partial charge in [-0.2, -0.15) is 5.10 Å². The molecule has 8 heteroatoms. The monoisotopic (exact) mass is 268 g/mol. The number of amides is 4. The van der Waals surface area contributed by atoms with Crippen molar-refractivity contribution in [2.24, 2.45) is 5.10 Å². The summed E-state index contributed by atoms with van der Waals surface area (Å²) in [7, 11) is 0.